The van der Waals surface area contributed by atoms with Crippen molar-refractivity contribution in [2.75, 3.05) is 11.1 Å². The van der Waals surface area contributed by atoms with Crippen LogP contribution in [0.2, 0.25) is 0 Å². The van der Waals surface area contributed by atoms with Crippen LogP contribution in [-0.4, -0.2) is 29.2 Å². The summed E-state index contributed by atoms with van der Waals surface area (Å²) in [6.07, 6.45) is -4.37. The smallest absolute Gasteiger partial charge is 0.387 e. The highest BCUT2D eigenvalue weighted by molar-refractivity contribution is 8.00. The standard InChI is InChI=1S/C13H16F3N5OS/c14-13(15,16)7-2-1-3-8(4-7)19-11(22)6-23-12-20-9(17)5-10(18)21-12/h1-4,9,12,20H,5-6,17H2,(H2,18,21)(H,19,22). The number of amidine groups is 1. The van der Waals surface area contributed by atoms with Crippen molar-refractivity contribution in [1.29, 1.82) is 0 Å². The van der Waals surface area contributed by atoms with E-state index in [9.17, 15) is 18.0 Å². The van der Waals surface area contributed by atoms with Gasteiger partial charge in [0.15, 0.2) is 5.50 Å². The largest absolute Gasteiger partial charge is 0.416 e. The fourth-order valence-corrected chi connectivity index (χ4v) is 2.78. The van der Waals surface area contributed by atoms with Crippen molar-refractivity contribution in [3.05, 3.63) is 29.8 Å². The van der Waals surface area contributed by atoms with E-state index in [-0.39, 0.29) is 17.6 Å². The van der Waals surface area contributed by atoms with Crippen LogP contribution in [0.3, 0.4) is 0 Å². The first kappa shape index (κ1) is 17.6. The van der Waals surface area contributed by atoms with Gasteiger partial charge < -0.3 is 16.8 Å². The topological polar surface area (TPSA) is 106 Å². The molecule has 1 aromatic rings. The third-order valence-corrected chi connectivity index (χ3v) is 3.90. The molecule has 1 aliphatic rings. The number of rotatable bonds is 4. The second kappa shape index (κ2) is 7.20. The second-order valence-corrected chi connectivity index (χ2v) is 5.96. The molecule has 1 aromatic carbocycles. The van der Waals surface area contributed by atoms with Crippen molar-refractivity contribution in [3.8, 4) is 0 Å². The average molecular weight is 347 g/mol. The van der Waals surface area contributed by atoms with Crippen LogP contribution < -0.4 is 22.1 Å². The molecule has 0 saturated heterocycles. The minimum Gasteiger partial charge on any atom is -0.387 e. The number of benzene rings is 1. The number of aliphatic imine (C=N–C) groups is 1. The van der Waals surface area contributed by atoms with E-state index in [1.54, 1.807) is 0 Å². The number of carbonyl (C=O) groups excluding carboxylic acids is 1. The summed E-state index contributed by atoms with van der Waals surface area (Å²) < 4.78 is 37.8. The van der Waals surface area contributed by atoms with Gasteiger partial charge in [0.05, 0.1) is 23.3 Å². The minimum absolute atomic E-state index is 0.00257. The van der Waals surface area contributed by atoms with Gasteiger partial charge in [0, 0.05) is 12.1 Å². The first-order valence-corrected chi connectivity index (χ1v) is 7.71. The number of hydrogen-bond donors (Lipinski definition) is 4. The molecule has 1 aliphatic heterocycles. The average Bonchev–Trinajstić information content (AvgIpc) is 2.43. The Balaban J connectivity index is 1.89. The zero-order chi connectivity index (χ0) is 17.0. The summed E-state index contributed by atoms with van der Waals surface area (Å²) in [5.41, 5.74) is 10.1. The molecule has 10 heteroatoms. The molecule has 0 saturated carbocycles. The minimum atomic E-state index is -4.45. The number of nitrogens with two attached hydrogens (primary N) is 2. The maximum Gasteiger partial charge on any atom is 0.416 e. The SMILES string of the molecule is NC1=NC(SCC(=O)Nc2cccc(C(F)(F)F)c2)NC(N)C1. The summed E-state index contributed by atoms with van der Waals surface area (Å²) in [5, 5.41) is 5.36. The van der Waals surface area contributed by atoms with Crippen molar-refractivity contribution in [2.24, 2.45) is 16.5 Å². The molecule has 0 spiro atoms. The fourth-order valence-electron chi connectivity index (χ4n) is 1.92. The summed E-state index contributed by atoms with van der Waals surface area (Å²) >= 11 is 1.15. The maximum absolute atomic E-state index is 12.6. The molecule has 126 valence electrons. The normalized spacial score (nSPS) is 21.7. The highest BCUT2D eigenvalue weighted by atomic mass is 32.2. The van der Waals surface area contributed by atoms with E-state index in [0.29, 0.717) is 12.3 Å². The summed E-state index contributed by atoms with van der Waals surface area (Å²) in [6, 6.07) is 4.45. The lowest BCUT2D eigenvalue weighted by Gasteiger charge is -2.24. The number of carbonyl (C=O) groups is 1. The predicted octanol–water partition coefficient (Wildman–Crippen LogP) is 1.30. The Bertz CT molecular complexity index is 608. The fraction of sp³-hybridized carbons (Fsp3) is 0.385. The molecule has 2 unspecified atom stereocenters. The molecule has 2 atom stereocenters. The van der Waals surface area contributed by atoms with Crippen molar-refractivity contribution in [1.82, 2.24) is 5.32 Å². The number of alkyl halides is 3. The Morgan fingerprint density at radius 1 is 1.48 bits per heavy atom. The van der Waals surface area contributed by atoms with E-state index in [0.717, 1.165) is 23.9 Å². The highest BCUT2D eigenvalue weighted by Crippen LogP contribution is 2.30. The zero-order valence-electron chi connectivity index (χ0n) is 11.9. The first-order valence-electron chi connectivity index (χ1n) is 6.66. The van der Waals surface area contributed by atoms with E-state index in [1.165, 1.54) is 12.1 Å². The number of hydrogen-bond acceptors (Lipinski definition) is 6. The number of halogens is 3. The van der Waals surface area contributed by atoms with Gasteiger partial charge in [-0.3, -0.25) is 10.1 Å². The summed E-state index contributed by atoms with van der Waals surface area (Å²) in [6.45, 7) is 0. The molecule has 6 N–H and O–H groups in total. The Morgan fingerprint density at radius 2 is 2.22 bits per heavy atom. The molecule has 0 aliphatic carbocycles. The lowest BCUT2D eigenvalue weighted by Crippen LogP contribution is -2.49. The van der Waals surface area contributed by atoms with Gasteiger partial charge in [-0.15, -0.1) is 11.8 Å². The summed E-state index contributed by atoms with van der Waals surface area (Å²) in [4.78, 5) is 15.9. The van der Waals surface area contributed by atoms with Crippen LogP contribution in [0.15, 0.2) is 29.3 Å². The van der Waals surface area contributed by atoms with Gasteiger partial charge in [0.2, 0.25) is 5.91 Å². The molecular formula is C13H16F3N5OS. The molecule has 0 fully saturated rings. The van der Waals surface area contributed by atoms with Crippen molar-refractivity contribution >= 4 is 29.2 Å². The van der Waals surface area contributed by atoms with Crippen molar-refractivity contribution in [3.63, 3.8) is 0 Å². The van der Waals surface area contributed by atoms with Crippen LogP contribution in [0.25, 0.3) is 0 Å². The summed E-state index contributed by atoms with van der Waals surface area (Å²) in [7, 11) is 0. The van der Waals surface area contributed by atoms with E-state index in [2.05, 4.69) is 15.6 Å². The van der Waals surface area contributed by atoms with Gasteiger partial charge in [0.25, 0.3) is 0 Å². The van der Waals surface area contributed by atoms with E-state index in [1.807, 2.05) is 0 Å². The van der Waals surface area contributed by atoms with Crippen LogP contribution in [0.1, 0.15) is 12.0 Å². The van der Waals surface area contributed by atoms with Gasteiger partial charge in [-0.05, 0) is 18.2 Å². The molecule has 0 radical (unpaired) electrons. The van der Waals surface area contributed by atoms with Gasteiger partial charge in [-0.1, -0.05) is 6.07 Å². The third-order valence-electron chi connectivity index (χ3n) is 2.91. The molecule has 23 heavy (non-hydrogen) atoms. The molecular weight excluding hydrogens is 331 g/mol. The lowest BCUT2D eigenvalue weighted by atomic mass is 10.2. The second-order valence-electron chi connectivity index (χ2n) is 4.89. The highest BCUT2D eigenvalue weighted by Gasteiger charge is 2.30. The van der Waals surface area contributed by atoms with Crippen LogP contribution >= 0.6 is 11.8 Å². The Hall–Kier alpha value is -1.78. The number of nitrogens with one attached hydrogen (secondary N) is 2. The van der Waals surface area contributed by atoms with Crippen LogP contribution in [0, 0.1) is 0 Å². The van der Waals surface area contributed by atoms with Crippen molar-refractivity contribution < 1.29 is 18.0 Å². The van der Waals surface area contributed by atoms with Gasteiger partial charge in [-0.25, -0.2) is 4.99 Å². The Morgan fingerprint density at radius 3 is 2.87 bits per heavy atom. The zero-order valence-corrected chi connectivity index (χ0v) is 12.7. The predicted molar refractivity (Wildman–Crippen MR) is 83.7 cm³/mol. The first-order chi connectivity index (χ1) is 10.7. The van der Waals surface area contributed by atoms with E-state index in [4.69, 9.17) is 11.5 Å². The number of nitrogens with zero attached hydrogens (tertiary/aromatic N) is 1. The molecule has 0 aromatic heterocycles. The maximum atomic E-state index is 12.6. The number of amides is 1. The molecule has 6 nitrogen and oxygen atoms in total. The van der Waals surface area contributed by atoms with E-state index >= 15 is 0 Å². The van der Waals surface area contributed by atoms with Crippen LogP contribution in [-0.2, 0) is 11.0 Å². The quantitative estimate of drug-likeness (QED) is 0.657. The molecule has 1 heterocycles. The van der Waals surface area contributed by atoms with Gasteiger partial charge in [0.1, 0.15) is 0 Å². The lowest BCUT2D eigenvalue weighted by molar-refractivity contribution is -0.137. The molecule has 0 bridgehead atoms. The monoisotopic (exact) mass is 347 g/mol. The van der Waals surface area contributed by atoms with E-state index < -0.39 is 23.1 Å². The van der Waals surface area contributed by atoms with Crippen LogP contribution in [0.4, 0.5) is 18.9 Å². The Labute approximate surface area is 134 Å². The van der Waals surface area contributed by atoms with Gasteiger partial charge in [-0.2, -0.15) is 13.2 Å². The van der Waals surface area contributed by atoms with Gasteiger partial charge >= 0.3 is 6.18 Å². The number of anilines is 1. The summed E-state index contributed by atoms with van der Waals surface area (Å²) in [5.74, 6) is -0.0479. The number of thioether (sulfide) groups is 1. The molecule has 1 amide bonds. The van der Waals surface area contributed by atoms with Crippen molar-refractivity contribution in [2.45, 2.75) is 24.3 Å². The molecule has 2 rings (SSSR count). The Kier molecular flexibility index (Phi) is 5.50. The van der Waals surface area contributed by atoms with Crippen LogP contribution in [0.5, 0.6) is 0 Å². The third kappa shape index (κ3) is 5.41.